The molecule has 0 bridgehead atoms. The fourth-order valence-electron chi connectivity index (χ4n) is 1.91. The molecule has 5 nitrogen and oxygen atoms in total. The summed E-state index contributed by atoms with van der Waals surface area (Å²) in [5, 5.41) is 7.07. The predicted molar refractivity (Wildman–Crippen MR) is 86.2 cm³/mol. The van der Waals surface area contributed by atoms with Crippen LogP contribution in [0.3, 0.4) is 0 Å². The van der Waals surface area contributed by atoms with E-state index >= 15 is 0 Å². The second kappa shape index (κ2) is 7.97. The molecule has 0 aliphatic heterocycles. The SMILES string of the molecule is CC(C)n1ccc(CC(=O)NCCOc2ccc(F)c(Cl)c2)n1. The van der Waals surface area contributed by atoms with Crippen molar-refractivity contribution in [3.63, 3.8) is 0 Å². The van der Waals surface area contributed by atoms with Gasteiger partial charge in [-0.05, 0) is 32.0 Å². The molecule has 0 unspecified atom stereocenters. The smallest absolute Gasteiger partial charge is 0.226 e. The number of amides is 1. The van der Waals surface area contributed by atoms with Crippen molar-refractivity contribution in [2.45, 2.75) is 26.3 Å². The second-order valence-corrected chi connectivity index (χ2v) is 5.74. The van der Waals surface area contributed by atoms with E-state index in [1.807, 2.05) is 30.8 Å². The second-order valence-electron chi connectivity index (χ2n) is 5.33. The van der Waals surface area contributed by atoms with Gasteiger partial charge in [-0.15, -0.1) is 0 Å². The number of carbonyl (C=O) groups is 1. The molecule has 1 amide bonds. The van der Waals surface area contributed by atoms with E-state index in [2.05, 4.69) is 10.4 Å². The summed E-state index contributed by atoms with van der Waals surface area (Å²) in [5.74, 6) is -0.158. The molecule has 0 radical (unpaired) electrons. The molecule has 1 aromatic carbocycles. The maximum absolute atomic E-state index is 13.0. The lowest BCUT2D eigenvalue weighted by Gasteiger charge is -2.08. The van der Waals surface area contributed by atoms with Gasteiger partial charge in [0.1, 0.15) is 18.2 Å². The van der Waals surface area contributed by atoms with Gasteiger partial charge >= 0.3 is 0 Å². The van der Waals surface area contributed by atoms with Crippen molar-refractivity contribution in [1.82, 2.24) is 15.1 Å². The van der Waals surface area contributed by atoms with Gasteiger partial charge < -0.3 is 10.1 Å². The van der Waals surface area contributed by atoms with Crippen LogP contribution >= 0.6 is 11.6 Å². The number of aromatic nitrogens is 2. The number of hydrogen-bond acceptors (Lipinski definition) is 3. The number of nitrogens with zero attached hydrogens (tertiary/aromatic N) is 2. The molecule has 0 saturated heterocycles. The Morgan fingerprint density at radius 1 is 1.43 bits per heavy atom. The first-order valence-electron chi connectivity index (χ1n) is 7.34. The van der Waals surface area contributed by atoms with Crippen LogP contribution < -0.4 is 10.1 Å². The van der Waals surface area contributed by atoms with Crippen LogP contribution in [0.5, 0.6) is 5.75 Å². The number of benzene rings is 1. The third-order valence-electron chi connectivity index (χ3n) is 3.12. The molecule has 2 aromatic rings. The molecular formula is C16H19ClFN3O2. The van der Waals surface area contributed by atoms with E-state index in [0.717, 1.165) is 5.69 Å². The third-order valence-corrected chi connectivity index (χ3v) is 3.41. The molecule has 1 aromatic heterocycles. The van der Waals surface area contributed by atoms with Gasteiger partial charge in [0, 0.05) is 18.3 Å². The molecule has 0 spiro atoms. The van der Waals surface area contributed by atoms with E-state index in [9.17, 15) is 9.18 Å². The fourth-order valence-corrected chi connectivity index (χ4v) is 2.08. The molecule has 1 N–H and O–H groups in total. The summed E-state index contributed by atoms with van der Waals surface area (Å²) in [6.45, 7) is 4.67. The number of nitrogens with one attached hydrogen (secondary N) is 1. The summed E-state index contributed by atoms with van der Waals surface area (Å²) in [6, 6.07) is 6.22. The number of rotatable bonds is 7. The van der Waals surface area contributed by atoms with Gasteiger partial charge in [0.05, 0.1) is 23.7 Å². The van der Waals surface area contributed by atoms with E-state index in [-0.39, 0.29) is 30.0 Å². The van der Waals surface area contributed by atoms with Crippen LogP contribution in [0.15, 0.2) is 30.5 Å². The molecule has 124 valence electrons. The fraction of sp³-hybridized carbons (Fsp3) is 0.375. The molecule has 0 saturated carbocycles. The minimum absolute atomic E-state index is 0.00674. The zero-order chi connectivity index (χ0) is 16.8. The summed E-state index contributed by atoms with van der Waals surface area (Å²) in [7, 11) is 0. The maximum atomic E-state index is 13.0. The van der Waals surface area contributed by atoms with Crippen LogP contribution in [0.4, 0.5) is 4.39 Å². The lowest BCUT2D eigenvalue weighted by molar-refractivity contribution is -0.120. The molecule has 7 heteroatoms. The average Bonchev–Trinajstić information content (AvgIpc) is 2.96. The van der Waals surface area contributed by atoms with Gasteiger partial charge in [-0.3, -0.25) is 9.48 Å². The van der Waals surface area contributed by atoms with Crippen molar-refractivity contribution < 1.29 is 13.9 Å². The Kier molecular flexibility index (Phi) is 5.98. The van der Waals surface area contributed by atoms with Gasteiger partial charge in [0.2, 0.25) is 5.91 Å². The molecular weight excluding hydrogens is 321 g/mol. The van der Waals surface area contributed by atoms with Crippen LogP contribution in [-0.2, 0) is 11.2 Å². The summed E-state index contributed by atoms with van der Waals surface area (Å²) >= 11 is 5.66. The molecule has 0 aliphatic rings. The van der Waals surface area contributed by atoms with Crippen molar-refractivity contribution in [3.8, 4) is 5.75 Å². The van der Waals surface area contributed by atoms with Crippen molar-refractivity contribution in [2.24, 2.45) is 0 Å². The Balaban J connectivity index is 1.71. The van der Waals surface area contributed by atoms with Crippen LogP contribution in [0.1, 0.15) is 25.6 Å². The highest BCUT2D eigenvalue weighted by molar-refractivity contribution is 6.30. The Morgan fingerprint density at radius 3 is 2.87 bits per heavy atom. The highest BCUT2D eigenvalue weighted by Gasteiger charge is 2.07. The lowest BCUT2D eigenvalue weighted by Crippen LogP contribution is -2.29. The predicted octanol–water partition coefficient (Wildman–Crippen LogP) is 2.99. The number of ether oxygens (including phenoxy) is 1. The van der Waals surface area contributed by atoms with E-state index < -0.39 is 5.82 Å². The highest BCUT2D eigenvalue weighted by Crippen LogP contribution is 2.20. The van der Waals surface area contributed by atoms with Crippen molar-refractivity contribution in [3.05, 3.63) is 47.0 Å². The summed E-state index contributed by atoms with van der Waals surface area (Å²) in [4.78, 5) is 11.8. The molecule has 0 aliphatic carbocycles. The maximum Gasteiger partial charge on any atom is 0.226 e. The van der Waals surface area contributed by atoms with Crippen LogP contribution in [0, 0.1) is 5.82 Å². The first-order chi connectivity index (χ1) is 11.0. The minimum atomic E-state index is -0.492. The Bertz CT molecular complexity index is 673. The molecule has 2 rings (SSSR count). The monoisotopic (exact) mass is 339 g/mol. The molecule has 0 atom stereocenters. The Hall–Kier alpha value is -2.08. The molecule has 23 heavy (non-hydrogen) atoms. The Morgan fingerprint density at radius 2 is 2.22 bits per heavy atom. The van der Waals surface area contributed by atoms with Crippen molar-refractivity contribution in [1.29, 1.82) is 0 Å². The van der Waals surface area contributed by atoms with E-state index in [4.69, 9.17) is 16.3 Å². The lowest BCUT2D eigenvalue weighted by atomic mass is 10.3. The first-order valence-corrected chi connectivity index (χ1v) is 7.72. The van der Waals surface area contributed by atoms with Gasteiger partial charge in [0.25, 0.3) is 0 Å². The largest absolute Gasteiger partial charge is 0.492 e. The van der Waals surface area contributed by atoms with Gasteiger partial charge in [0.15, 0.2) is 0 Å². The van der Waals surface area contributed by atoms with E-state index in [1.54, 1.807) is 0 Å². The van der Waals surface area contributed by atoms with Gasteiger partial charge in [-0.25, -0.2) is 4.39 Å². The number of hydrogen-bond donors (Lipinski definition) is 1. The van der Waals surface area contributed by atoms with E-state index in [1.165, 1.54) is 18.2 Å². The van der Waals surface area contributed by atoms with Crippen LogP contribution in [-0.4, -0.2) is 28.8 Å². The topological polar surface area (TPSA) is 56.2 Å². The summed E-state index contributed by atoms with van der Waals surface area (Å²) < 4.78 is 20.2. The van der Waals surface area contributed by atoms with Crippen LogP contribution in [0.25, 0.3) is 0 Å². The van der Waals surface area contributed by atoms with Gasteiger partial charge in [-0.1, -0.05) is 11.6 Å². The van der Waals surface area contributed by atoms with Crippen molar-refractivity contribution >= 4 is 17.5 Å². The Labute approximate surface area is 139 Å². The number of halogens is 2. The third kappa shape index (κ3) is 5.25. The summed E-state index contributed by atoms with van der Waals surface area (Å²) in [6.07, 6.45) is 2.08. The van der Waals surface area contributed by atoms with Crippen molar-refractivity contribution in [2.75, 3.05) is 13.2 Å². The quantitative estimate of drug-likeness (QED) is 0.789. The zero-order valence-electron chi connectivity index (χ0n) is 13.1. The average molecular weight is 340 g/mol. The zero-order valence-corrected chi connectivity index (χ0v) is 13.8. The molecule has 0 fully saturated rings. The highest BCUT2D eigenvalue weighted by atomic mass is 35.5. The standard InChI is InChI=1S/C16H19ClFN3O2/c1-11(2)21-7-5-12(20-21)9-16(22)19-6-8-23-13-3-4-15(18)14(17)10-13/h3-5,7,10-11H,6,8-9H2,1-2H3,(H,19,22). The molecule has 1 heterocycles. The van der Waals surface area contributed by atoms with Gasteiger partial charge in [-0.2, -0.15) is 5.10 Å². The first kappa shape index (κ1) is 17.3. The van der Waals surface area contributed by atoms with E-state index in [0.29, 0.717) is 12.3 Å². The normalized spacial score (nSPS) is 10.8. The minimum Gasteiger partial charge on any atom is -0.492 e. The van der Waals surface area contributed by atoms with Crippen LogP contribution in [0.2, 0.25) is 5.02 Å². The number of carbonyl (C=O) groups excluding carboxylic acids is 1. The summed E-state index contributed by atoms with van der Waals surface area (Å²) in [5.41, 5.74) is 0.724.